The van der Waals surface area contributed by atoms with Gasteiger partial charge in [-0.15, -0.1) is 12.4 Å². The largest absolute Gasteiger partial charge is 0.320 e. The Morgan fingerprint density at radius 1 is 1.19 bits per heavy atom. The first kappa shape index (κ1) is 19.1. The van der Waals surface area contributed by atoms with Crippen molar-refractivity contribution in [3.05, 3.63) is 47.0 Å². The summed E-state index contributed by atoms with van der Waals surface area (Å²) in [4.78, 5) is 17.3. The minimum atomic E-state index is -0.238. The third kappa shape index (κ3) is 3.72. The van der Waals surface area contributed by atoms with Crippen molar-refractivity contribution in [3.8, 4) is 11.4 Å². The van der Waals surface area contributed by atoms with Crippen LogP contribution in [0.3, 0.4) is 0 Å². The lowest BCUT2D eigenvalue weighted by atomic mass is 10.1. The molecule has 0 fully saturated rings. The van der Waals surface area contributed by atoms with Gasteiger partial charge in [0.25, 0.3) is 5.91 Å². The van der Waals surface area contributed by atoms with Gasteiger partial charge in [-0.05, 0) is 12.1 Å². The summed E-state index contributed by atoms with van der Waals surface area (Å²) in [5.41, 5.74) is 3.82. The van der Waals surface area contributed by atoms with E-state index in [2.05, 4.69) is 36.0 Å². The van der Waals surface area contributed by atoms with Gasteiger partial charge in [-0.25, -0.2) is 4.98 Å². The third-order valence-corrected chi connectivity index (χ3v) is 4.49. The lowest BCUT2D eigenvalue weighted by Gasteiger charge is -2.13. The van der Waals surface area contributed by atoms with E-state index in [-0.39, 0.29) is 24.2 Å². The smallest absolute Gasteiger partial charge is 0.276 e. The number of aromatic amines is 2. The Morgan fingerprint density at radius 2 is 2.00 bits per heavy atom. The van der Waals surface area contributed by atoms with Crippen LogP contribution in [-0.4, -0.2) is 37.8 Å². The molecule has 0 saturated carbocycles. The summed E-state index contributed by atoms with van der Waals surface area (Å²) >= 11 is 0. The number of rotatable bonds is 4. The summed E-state index contributed by atoms with van der Waals surface area (Å²) in [5.74, 6) is 1.39. The van der Waals surface area contributed by atoms with Crippen molar-refractivity contribution in [1.29, 1.82) is 0 Å². The normalized spacial score (nSPS) is 13.1. The van der Waals surface area contributed by atoms with E-state index < -0.39 is 0 Å². The summed E-state index contributed by atoms with van der Waals surface area (Å²) in [6, 6.07) is 7.51. The van der Waals surface area contributed by atoms with Gasteiger partial charge >= 0.3 is 0 Å². The van der Waals surface area contributed by atoms with Crippen LogP contribution in [0.2, 0.25) is 0 Å². The maximum atomic E-state index is 12.8. The molecule has 1 aliphatic rings. The minimum Gasteiger partial charge on any atom is -0.320 e. The Labute approximate surface area is 163 Å². The molecule has 4 N–H and O–H groups in total. The van der Waals surface area contributed by atoms with Gasteiger partial charge in [-0.3, -0.25) is 15.0 Å². The fourth-order valence-corrected chi connectivity index (χ4v) is 3.03. The molecule has 142 valence electrons. The molecule has 2 aromatic heterocycles. The van der Waals surface area contributed by atoms with Gasteiger partial charge < -0.3 is 10.6 Å². The Bertz CT molecular complexity index is 947. The Hall–Kier alpha value is -2.71. The molecule has 0 aliphatic carbocycles. The van der Waals surface area contributed by atoms with Crippen LogP contribution in [0.15, 0.2) is 24.3 Å². The number of amides is 1. The number of halogens is 1. The molecule has 0 unspecified atom stereocenters. The number of fused-ring (bicyclic) bond motifs is 1. The van der Waals surface area contributed by atoms with Crippen LogP contribution in [0, 0.1) is 0 Å². The van der Waals surface area contributed by atoms with E-state index in [1.54, 1.807) is 0 Å². The van der Waals surface area contributed by atoms with Crippen molar-refractivity contribution in [2.45, 2.75) is 32.7 Å². The molecule has 1 aliphatic heterocycles. The van der Waals surface area contributed by atoms with Crippen LogP contribution in [-0.2, 0) is 13.0 Å². The second-order valence-electron chi connectivity index (χ2n) is 6.65. The summed E-state index contributed by atoms with van der Waals surface area (Å²) in [6.07, 6.45) is 0.849. The molecular formula is C18H22ClN7O. The Balaban J connectivity index is 0.00000210. The molecule has 3 aromatic rings. The number of anilines is 1. The first-order chi connectivity index (χ1) is 12.6. The molecule has 1 amide bonds. The van der Waals surface area contributed by atoms with E-state index >= 15 is 0 Å². The number of aromatic nitrogens is 5. The van der Waals surface area contributed by atoms with Crippen molar-refractivity contribution in [3.63, 3.8) is 0 Å². The molecule has 0 atom stereocenters. The number of hydrogen-bond donors (Lipinski definition) is 4. The molecule has 1 aromatic carbocycles. The molecule has 4 rings (SSSR count). The van der Waals surface area contributed by atoms with Gasteiger partial charge in [-0.1, -0.05) is 26.0 Å². The van der Waals surface area contributed by atoms with Crippen molar-refractivity contribution in [2.24, 2.45) is 0 Å². The summed E-state index contributed by atoms with van der Waals surface area (Å²) in [6.45, 7) is 5.64. The van der Waals surface area contributed by atoms with Gasteiger partial charge in [0.2, 0.25) is 0 Å². The SMILES string of the molecule is CC(C)c1nc(-c2ccccc2NC(=O)c2n[nH]c3c2CNCC3)n[nH]1.Cl. The second kappa shape index (κ2) is 7.89. The van der Waals surface area contributed by atoms with Crippen LogP contribution < -0.4 is 10.6 Å². The van der Waals surface area contributed by atoms with Crippen molar-refractivity contribution >= 4 is 24.0 Å². The van der Waals surface area contributed by atoms with Gasteiger partial charge in [0, 0.05) is 42.2 Å². The second-order valence-corrected chi connectivity index (χ2v) is 6.65. The molecular weight excluding hydrogens is 366 g/mol. The molecule has 0 radical (unpaired) electrons. The van der Waals surface area contributed by atoms with E-state index in [4.69, 9.17) is 0 Å². The van der Waals surface area contributed by atoms with Crippen LogP contribution in [0.5, 0.6) is 0 Å². The zero-order valence-electron chi connectivity index (χ0n) is 15.2. The van der Waals surface area contributed by atoms with Gasteiger partial charge in [-0.2, -0.15) is 10.2 Å². The van der Waals surface area contributed by atoms with E-state index in [0.717, 1.165) is 35.6 Å². The van der Waals surface area contributed by atoms with Crippen LogP contribution in [0.4, 0.5) is 5.69 Å². The number of nitrogens with one attached hydrogen (secondary N) is 4. The highest BCUT2D eigenvalue weighted by molar-refractivity contribution is 6.05. The van der Waals surface area contributed by atoms with E-state index in [0.29, 0.717) is 23.8 Å². The highest BCUT2D eigenvalue weighted by Crippen LogP contribution is 2.27. The van der Waals surface area contributed by atoms with Gasteiger partial charge in [0.1, 0.15) is 5.82 Å². The summed E-state index contributed by atoms with van der Waals surface area (Å²) in [5, 5.41) is 20.7. The van der Waals surface area contributed by atoms with Gasteiger partial charge in [0.05, 0.1) is 5.69 Å². The zero-order valence-corrected chi connectivity index (χ0v) is 16.0. The number of hydrogen-bond acceptors (Lipinski definition) is 5. The standard InChI is InChI=1S/C18H21N7O.ClH/c1-10(2)16-21-17(25-24-16)11-5-3-4-6-13(11)20-18(26)15-12-9-19-8-7-14(12)22-23-15;/h3-6,10,19H,7-9H2,1-2H3,(H,20,26)(H,22,23)(H,21,24,25);1H. The fraction of sp³-hybridized carbons (Fsp3) is 0.333. The lowest BCUT2D eigenvalue weighted by Crippen LogP contribution is -2.25. The topological polar surface area (TPSA) is 111 Å². The average Bonchev–Trinajstić information content (AvgIpc) is 3.29. The quantitative estimate of drug-likeness (QED) is 0.550. The first-order valence-corrected chi connectivity index (χ1v) is 8.73. The van der Waals surface area contributed by atoms with Crippen LogP contribution in [0.1, 0.15) is 47.3 Å². The van der Waals surface area contributed by atoms with Crippen molar-refractivity contribution < 1.29 is 4.79 Å². The van der Waals surface area contributed by atoms with Crippen molar-refractivity contribution in [1.82, 2.24) is 30.7 Å². The number of carbonyl (C=O) groups excluding carboxylic acids is 1. The van der Waals surface area contributed by atoms with Crippen LogP contribution in [0.25, 0.3) is 11.4 Å². The fourth-order valence-electron chi connectivity index (χ4n) is 3.03. The number of nitrogens with zero attached hydrogens (tertiary/aromatic N) is 3. The Morgan fingerprint density at radius 3 is 2.78 bits per heavy atom. The highest BCUT2D eigenvalue weighted by atomic mass is 35.5. The number of H-pyrrole nitrogens is 2. The zero-order chi connectivity index (χ0) is 18.1. The molecule has 3 heterocycles. The summed E-state index contributed by atoms with van der Waals surface area (Å²) < 4.78 is 0. The maximum Gasteiger partial charge on any atom is 0.276 e. The predicted molar refractivity (Wildman–Crippen MR) is 105 cm³/mol. The number of benzene rings is 1. The summed E-state index contributed by atoms with van der Waals surface area (Å²) in [7, 11) is 0. The van der Waals surface area contributed by atoms with E-state index in [1.165, 1.54) is 0 Å². The molecule has 0 spiro atoms. The lowest BCUT2D eigenvalue weighted by molar-refractivity contribution is 0.102. The maximum absolute atomic E-state index is 12.8. The van der Waals surface area contributed by atoms with E-state index in [1.807, 2.05) is 38.1 Å². The molecule has 27 heavy (non-hydrogen) atoms. The number of para-hydroxylation sites is 1. The molecule has 0 saturated heterocycles. The predicted octanol–water partition coefficient (Wildman–Crippen LogP) is 2.64. The van der Waals surface area contributed by atoms with Crippen LogP contribution >= 0.6 is 12.4 Å². The van der Waals surface area contributed by atoms with Crippen molar-refractivity contribution in [2.75, 3.05) is 11.9 Å². The first-order valence-electron chi connectivity index (χ1n) is 8.73. The number of carbonyl (C=O) groups is 1. The molecule has 9 heteroatoms. The van der Waals surface area contributed by atoms with E-state index in [9.17, 15) is 4.79 Å². The Kier molecular flexibility index (Phi) is 5.57. The minimum absolute atomic E-state index is 0. The average molecular weight is 388 g/mol. The molecule has 0 bridgehead atoms. The monoisotopic (exact) mass is 387 g/mol. The van der Waals surface area contributed by atoms with Gasteiger partial charge in [0.15, 0.2) is 11.5 Å². The highest BCUT2D eigenvalue weighted by Gasteiger charge is 2.22. The molecule has 8 nitrogen and oxygen atoms in total. The third-order valence-electron chi connectivity index (χ3n) is 4.49.